The maximum Gasteiger partial charge on any atom is 0.283 e. The second-order valence-electron chi connectivity index (χ2n) is 4.86. The monoisotopic (exact) mass is 330 g/mol. The molecule has 1 saturated carbocycles. The molecule has 0 radical (unpaired) electrons. The van der Waals surface area contributed by atoms with E-state index in [1.807, 2.05) is 6.07 Å². The molecule has 21 heavy (non-hydrogen) atoms. The first-order chi connectivity index (χ1) is 9.97. The van der Waals surface area contributed by atoms with Crippen molar-refractivity contribution in [3.63, 3.8) is 0 Å². The quantitative estimate of drug-likeness (QED) is 0.630. The fourth-order valence-electron chi connectivity index (χ4n) is 1.94. The number of amides is 2. The van der Waals surface area contributed by atoms with E-state index in [9.17, 15) is 9.59 Å². The Kier molecular flexibility index (Phi) is 3.59. The minimum atomic E-state index is -1.03. The van der Waals surface area contributed by atoms with Gasteiger partial charge in [0.05, 0.1) is 5.92 Å². The number of nitrogens with one attached hydrogen (secondary N) is 2. The highest BCUT2D eigenvalue weighted by Crippen LogP contribution is 2.53. The lowest BCUT2D eigenvalue weighted by atomic mass is 10.2. The molecule has 1 aliphatic carbocycles. The Morgan fingerprint density at radius 2 is 1.76 bits per heavy atom. The standard InChI is InChI=1S/C13H12Cl2N2O4/c14-13(15)5-7(13)11(18)16-17-12(19)10-6-20-8-3-1-2-4-9(8)21-10/h1-4,7,10H,5-6H2,(H,16,18)(H,17,19)/t7-,10-/m1/s1. The molecule has 1 aromatic rings. The van der Waals surface area contributed by atoms with Gasteiger partial charge >= 0.3 is 0 Å². The van der Waals surface area contributed by atoms with Gasteiger partial charge in [0.15, 0.2) is 11.5 Å². The van der Waals surface area contributed by atoms with E-state index in [1.54, 1.807) is 18.2 Å². The minimum Gasteiger partial charge on any atom is -0.485 e. The highest BCUT2D eigenvalue weighted by molar-refractivity contribution is 6.52. The van der Waals surface area contributed by atoms with E-state index in [0.29, 0.717) is 17.9 Å². The van der Waals surface area contributed by atoms with Crippen molar-refractivity contribution >= 4 is 35.0 Å². The van der Waals surface area contributed by atoms with Crippen molar-refractivity contribution in [3.8, 4) is 11.5 Å². The maximum atomic E-state index is 11.9. The lowest BCUT2D eigenvalue weighted by molar-refractivity contribution is -0.135. The van der Waals surface area contributed by atoms with Crippen LogP contribution in [0.2, 0.25) is 0 Å². The molecule has 0 bridgehead atoms. The van der Waals surface area contributed by atoms with Gasteiger partial charge in [-0.25, -0.2) is 0 Å². The number of carbonyl (C=O) groups is 2. The van der Waals surface area contributed by atoms with Crippen LogP contribution in [0, 0.1) is 5.92 Å². The Balaban J connectivity index is 1.52. The molecule has 3 rings (SSSR count). The topological polar surface area (TPSA) is 76.7 Å². The summed E-state index contributed by atoms with van der Waals surface area (Å²) in [5, 5.41) is 0. The molecule has 2 atom stereocenters. The number of hydrazine groups is 1. The minimum absolute atomic E-state index is 0.0666. The number of fused-ring (bicyclic) bond motifs is 1. The Hall–Kier alpha value is -1.66. The van der Waals surface area contributed by atoms with Crippen LogP contribution < -0.4 is 20.3 Å². The smallest absolute Gasteiger partial charge is 0.283 e. The van der Waals surface area contributed by atoms with Crippen molar-refractivity contribution < 1.29 is 19.1 Å². The predicted octanol–water partition coefficient (Wildman–Crippen LogP) is 1.17. The molecule has 2 N–H and O–H groups in total. The van der Waals surface area contributed by atoms with Crippen LogP contribution in [0.3, 0.4) is 0 Å². The lowest BCUT2D eigenvalue weighted by Crippen LogP contribution is -2.51. The van der Waals surface area contributed by atoms with Crippen molar-refractivity contribution in [1.82, 2.24) is 10.9 Å². The van der Waals surface area contributed by atoms with E-state index in [2.05, 4.69) is 10.9 Å². The van der Waals surface area contributed by atoms with Gasteiger partial charge in [0.25, 0.3) is 5.91 Å². The van der Waals surface area contributed by atoms with Crippen LogP contribution in [0.25, 0.3) is 0 Å². The van der Waals surface area contributed by atoms with Crippen molar-refractivity contribution in [1.29, 1.82) is 0 Å². The number of ether oxygens (including phenoxy) is 2. The molecule has 0 aromatic heterocycles. The predicted molar refractivity (Wildman–Crippen MR) is 75.2 cm³/mol. The lowest BCUT2D eigenvalue weighted by Gasteiger charge is -2.25. The number of rotatable bonds is 2. The van der Waals surface area contributed by atoms with Gasteiger partial charge in [-0.1, -0.05) is 12.1 Å². The molecule has 1 aromatic carbocycles. The molecule has 2 aliphatic rings. The first-order valence-corrected chi connectivity index (χ1v) is 7.09. The third-order valence-electron chi connectivity index (χ3n) is 3.25. The highest BCUT2D eigenvalue weighted by Gasteiger charge is 2.56. The van der Waals surface area contributed by atoms with Gasteiger partial charge in [-0.3, -0.25) is 20.4 Å². The Bertz CT molecular complexity index is 593. The highest BCUT2D eigenvalue weighted by atomic mass is 35.5. The Labute approximate surface area is 130 Å². The number of benzene rings is 1. The first-order valence-electron chi connectivity index (χ1n) is 6.33. The second kappa shape index (κ2) is 5.27. The van der Waals surface area contributed by atoms with Crippen molar-refractivity contribution in [2.45, 2.75) is 16.9 Å². The molecule has 112 valence electrons. The summed E-state index contributed by atoms with van der Waals surface area (Å²) >= 11 is 11.5. The third kappa shape index (κ3) is 3.01. The van der Waals surface area contributed by atoms with E-state index in [-0.39, 0.29) is 6.61 Å². The van der Waals surface area contributed by atoms with Crippen molar-refractivity contribution in [2.24, 2.45) is 5.92 Å². The van der Waals surface area contributed by atoms with Crippen LogP contribution in [-0.4, -0.2) is 28.9 Å². The summed E-state index contributed by atoms with van der Waals surface area (Å²) in [4.78, 5) is 23.6. The molecular formula is C13H12Cl2N2O4. The fourth-order valence-corrected chi connectivity index (χ4v) is 2.44. The van der Waals surface area contributed by atoms with Crippen LogP contribution in [0.1, 0.15) is 6.42 Å². The SMILES string of the molecule is O=C(NNC(=O)[C@H]1COc2ccccc2O1)[C@H]1CC1(Cl)Cl. The number of carbonyl (C=O) groups excluding carboxylic acids is 2. The van der Waals surface area contributed by atoms with Crippen molar-refractivity contribution in [2.75, 3.05) is 6.61 Å². The van der Waals surface area contributed by atoms with E-state index < -0.39 is 28.2 Å². The van der Waals surface area contributed by atoms with Gasteiger partial charge in [0, 0.05) is 0 Å². The Morgan fingerprint density at radius 3 is 2.43 bits per heavy atom. The summed E-state index contributed by atoms with van der Waals surface area (Å²) in [6, 6.07) is 7.03. The van der Waals surface area contributed by atoms with E-state index in [4.69, 9.17) is 32.7 Å². The first kappa shape index (κ1) is 14.3. The van der Waals surface area contributed by atoms with Crippen LogP contribution in [-0.2, 0) is 9.59 Å². The maximum absolute atomic E-state index is 11.9. The third-order valence-corrected chi connectivity index (χ3v) is 4.09. The van der Waals surface area contributed by atoms with Crippen LogP contribution in [0.15, 0.2) is 24.3 Å². The zero-order valence-electron chi connectivity index (χ0n) is 10.8. The zero-order chi connectivity index (χ0) is 15.0. The van der Waals surface area contributed by atoms with Gasteiger partial charge in [-0.2, -0.15) is 0 Å². The fraction of sp³-hybridized carbons (Fsp3) is 0.385. The molecule has 6 nitrogen and oxygen atoms in total. The molecule has 0 unspecified atom stereocenters. The average Bonchev–Trinajstić information content (AvgIpc) is 3.13. The zero-order valence-corrected chi connectivity index (χ0v) is 12.3. The average molecular weight is 331 g/mol. The van der Waals surface area contributed by atoms with Crippen LogP contribution in [0.5, 0.6) is 11.5 Å². The van der Waals surface area contributed by atoms with E-state index >= 15 is 0 Å². The number of halogens is 2. The number of hydrogen-bond donors (Lipinski definition) is 2. The number of para-hydroxylation sites is 2. The van der Waals surface area contributed by atoms with Gasteiger partial charge in [-0.15, -0.1) is 23.2 Å². The molecule has 0 saturated heterocycles. The van der Waals surface area contributed by atoms with Crippen LogP contribution in [0.4, 0.5) is 0 Å². The molecule has 2 amide bonds. The molecule has 0 spiro atoms. The summed E-state index contributed by atoms with van der Waals surface area (Å²) in [7, 11) is 0. The molecule has 1 fully saturated rings. The normalized spacial score (nSPS) is 24.9. The Morgan fingerprint density at radius 1 is 1.14 bits per heavy atom. The molecular weight excluding hydrogens is 319 g/mol. The summed E-state index contributed by atoms with van der Waals surface area (Å²) in [6.45, 7) is 0.0666. The van der Waals surface area contributed by atoms with Gasteiger partial charge in [0.1, 0.15) is 10.9 Å². The summed E-state index contributed by atoms with van der Waals surface area (Å²) in [5.41, 5.74) is 4.56. The van der Waals surface area contributed by atoms with Crippen LogP contribution >= 0.6 is 23.2 Å². The number of hydrogen-bond acceptors (Lipinski definition) is 4. The van der Waals surface area contributed by atoms with Gasteiger partial charge in [-0.05, 0) is 18.6 Å². The summed E-state index contributed by atoms with van der Waals surface area (Å²) < 4.78 is 9.89. The van der Waals surface area contributed by atoms with Gasteiger partial charge in [0.2, 0.25) is 12.0 Å². The van der Waals surface area contributed by atoms with E-state index in [0.717, 1.165) is 0 Å². The molecule has 8 heteroatoms. The van der Waals surface area contributed by atoms with Crippen molar-refractivity contribution in [3.05, 3.63) is 24.3 Å². The van der Waals surface area contributed by atoms with Gasteiger partial charge < -0.3 is 9.47 Å². The van der Waals surface area contributed by atoms with E-state index in [1.165, 1.54) is 0 Å². The molecule has 1 aliphatic heterocycles. The summed E-state index contributed by atoms with van der Waals surface area (Å²) in [5.74, 6) is -0.375. The second-order valence-corrected chi connectivity index (χ2v) is 6.40. The number of alkyl halides is 2. The summed E-state index contributed by atoms with van der Waals surface area (Å²) in [6.07, 6.45) is -0.468. The molecule has 1 heterocycles. The largest absolute Gasteiger partial charge is 0.485 e.